The van der Waals surface area contributed by atoms with Crippen molar-refractivity contribution in [2.45, 2.75) is 70.0 Å². The Morgan fingerprint density at radius 1 is 0.964 bits per heavy atom. The van der Waals surface area contributed by atoms with Crippen molar-refractivity contribution >= 4 is 0 Å². The van der Waals surface area contributed by atoms with Gasteiger partial charge in [-0.25, -0.2) is 4.59 Å². The van der Waals surface area contributed by atoms with Gasteiger partial charge in [0.25, 0.3) is 0 Å². The molecule has 0 N–H and O–H groups in total. The number of nitrogens with zero attached hydrogens (tertiary/aromatic N) is 7. The molecule has 0 aromatic heterocycles. The third kappa shape index (κ3) is 3.04. The van der Waals surface area contributed by atoms with Crippen LogP contribution in [0.15, 0.2) is 40.7 Å². The Morgan fingerprint density at radius 3 is 2.39 bits per heavy atom. The summed E-state index contributed by atoms with van der Waals surface area (Å²) in [5, 5.41) is 8.62. The molecular formula is C21H30N7+. The van der Waals surface area contributed by atoms with Crippen molar-refractivity contribution in [2.75, 3.05) is 6.54 Å². The van der Waals surface area contributed by atoms with Crippen LogP contribution in [0.4, 0.5) is 0 Å². The van der Waals surface area contributed by atoms with Gasteiger partial charge in [0.2, 0.25) is 0 Å². The van der Waals surface area contributed by atoms with Crippen molar-refractivity contribution in [1.82, 2.24) is 0 Å². The van der Waals surface area contributed by atoms with Gasteiger partial charge in [0, 0.05) is 40.3 Å². The van der Waals surface area contributed by atoms with E-state index >= 15 is 0 Å². The number of quaternary nitrogens is 1. The van der Waals surface area contributed by atoms with Gasteiger partial charge >= 0.3 is 0 Å². The van der Waals surface area contributed by atoms with Crippen LogP contribution in [0.3, 0.4) is 0 Å². The third-order valence-electron chi connectivity index (χ3n) is 7.80. The molecule has 1 aromatic rings. The van der Waals surface area contributed by atoms with E-state index in [0.29, 0.717) is 22.3 Å². The lowest BCUT2D eigenvalue weighted by atomic mass is 9.58. The molecule has 1 heterocycles. The molecule has 1 aromatic carbocycles. The first-order chi connectivity index (χ1) is 13.7. The molecule has 0 radical (unpaired) electrons. The third-order valence-corrected chi connectivity index (χ3v) is 7.80. The van der Waals surface area contributed by atoms with Crippen LogP contribution in [-0.4, -0.2) is 23.2 Å². The maximum absolute atomic E-state index is 9.60. The monoisotopic (exact) mass is 380 g/mol. The first kappa shape index (κ1) is 19.1. The normalized spacial score (nSPS) is 39.6. The van der Waals surface area contributed by atoms with E-state index in [1.807, 2.05) is 0 Å². The van der Waals surface area contributed by atoms with Gasteiger partial charge in [-0.2, -0.15) is 0 Å². The quantitative estimate of drug-likeness (QED) is 0.248. The maximum atomic E-state index is 9.60. The molecule has 3 fully saturated rings. The summed E-state index contributed by atoms with van der Waals surface area (Å²) in [5.41, 5.74) is 19.9. The van der Waals surface area contributed by atoms with Gasteiger partial charge in [-0.1, -0.05) is 48.3 Å². The molecule has 148 valence electrons. The van der Waals surface area contributed by atoms with Crippen molar-refractivity contribution in [1.29, 1.82) is 0 Å². The zero-order valence-electron chi connectivity index (χ0n) is 16.6. The lowest BCUT2D eigenvalue weighted by molar-refractivity contribution is -1.00. The van der Waals surface area contributed by atoms with Crippen LogP contribution < -0.4 is 0 Å². The standard InChI is InChI=1S/C21H30N7/c1-2-28(27-26-23)20-14-16(24-25-22)12-13-18(20)17-10-6-7-11-19(17)21(28)15-8-4-3-5-9-15/h3-5,8-9,16-21H,2,6-7,10-14H2,1H3/q+1. The highest BCUT2D eigenvalue weighted by Crippen LogP contribution is 2.58. The van der Waals surface area contributed by atoms with E-state index < -0.39 is 0 Å². The average molecular weight is 381 g/mol. The minimum absolute atomic E-state index is 0.0146. The van der Waals surface area contributed by atoms with Gasteiger partial charge in [-0.05, 0) is 44.1 Å². The van der Waals surface area contributed by atoms with Crippen LogP contribution in [0, 0.1) is 17.8 Å². The summed E-state index contributed by atoms with van der Waals surface area (Å²) in [5.74, 6) is 1.79. The number of likely N-dealkylation sites (tertiary alicyclic amines) is 1. The highest BCUT2D eigenvalue weighted by Gasteiger charge is 2.61. The molecule has 2 aliphatic carbocycles. The Kier molecular flexibility index (Phi) is 5.49. The molecule has 7 atom stereocenters. The van der Waals surface area contributed by atoms with Crippen LogP contribution in [0.2, 0.25) is 0 Å². The van der Waals surface area contributed by atoms with Crippen LogP contribution in [0.5, 0.6) is 0 Å². The second kappa shape index (κ2) is 8.04. The fourth-order valence-electron chi connectivity index (χ4n) is 6.84. The Bertz CT molecular complexity index is 783. The second-order valence-corrected chi connectivity index (χ2v) is 8.75. The molecule has 7 nitrogen and oxygen atoms in total. The SMILES string of the molecule is CC[N+]1(N=[N+]=[N-])C2CC(N=[N+]=[N-])CCC2C2CCCCC2C1c1ccccc1. The molecular weight excluding hydrogens is 350 g/mol. The van der Waals surface area contributed by atoms with Gasteiger partial charge in [0.15, 0.2) is 0 Å². The van der Waals surface area contributed by atoms with E-state index in [1.54, 1.807) is 0 Å². The van der Waals surface area contributed by atoms with Gasteiger partial charge in [-0.15, -0.1) is 0 Å². The molecule has 0 bridgehead atoms. The summed E-state index contributed by atoms with van der Waals surface area (Å²) in [6.07, 6.45) is 7.94. The van der Waals surface area contributed by atoms with Crippen molar-refractivity contribution < 1.29 is 4.59 Å². The number of hydrogen-bond acceptors (Lipinski definition) is 2. The molecule has 3 aliphatic rings. The summed E-state index contributed by atoms with van der Waals surface area (Å²) >= 11 is 0. The van der Waals surface area contributed by atoms with E-state index in [4.69, 9.17) is 5.53 Å². The topological polar surface area (TPSA) is 97.5 Å². The van der Waals surface area contributed by atoms with Crippen molar-refractivity contribution in [2.24, 2.45) is 28.1 Å². The predicted octanol–water partition coefficient (Wildman–Crippen LogP) is 6.46. The first-order valence-corrected chi connectivity index (χ1v) is 10.8. The molecule has 4 rings (SSSR count). The number of benzene rings is 1. The molecule has 0 spiro atoms. The molecule has 1 aliphatic heterocycles. The van der Waals surface area contributed by atoms with E-state index in [9.17, 15) is 5.53 Å². The highest BCUT2D eigenvalue weighted by atomic mass is 15.7. The average Bonchev–Trinajstić information content (AvgIpc) is 2.75. The summed E-state index contributed by atoms with van der Waals surface area (Å²) in [4.78, 5) is 6.46. The Balaban J connectivity index is 1.86. The van der Waals surface area contributed by atoms with Crippen LogP contribution in [0.1, 0.15) is 63.5 Å². The largest absolute Gasteiger partial charge is 0.205 e. The molecule has 1 saturated heterocycles. The van der Waals surface area contributed by atoms with Gasteiger partial charge < -0.3 is 0 Å². The molecule has 0 amide bonds. The Hall–Kier alpha value is -2.20. The molecule has 7 unspecified atom stereocenters. The zero-order valence-corrected chi connectivity index (χ0v) is 16.6. The van der Waals surface area contributed by atoms with E-state index in [0.717, 1.165) is 25.8 Å². The van der Waals surface area contributed by atoms with E-state index in [-0.39, 0.29) is 18.1 Å². The maximum Gasteiger partial charge on any atom is 0.132 e. The highest BCUT2D eigenvalue weighted by molar-refractivity contribution is 5.20. The Morgan fingerprint density at radius 2 is 1.71 bits per heavy atom. The number of azide groups is 2. The Labute approximate surface area is 166 Å². The minimum atomic E-state index is 0.0146. The van der Waals surface area contributed by atoms with Crippen LogP contribution >= 0.6 is 0 Å². The first-order valence-electron chi connectivity index (χ1n) is 10.8. The number of rotatable bonds is 4. The van der Waals surface area contributed by atoms with E-state index in [2.05, 4.69) is 57.4 Å². The van der Waals surface area contributed by atoms with Crippen molar-refractivity contribution in [3.63, 3.8) is 0 Å². The minimum Gasteiger partial charge on any atom is -0.205 e. The van der Waals surface area contributed by atoms with Crippen LogP contribution in [0.25, 0.3) is 20.9 Å². The lowest BCUT2D eigenvalue weighted by Gasteiger charge is -2.59. The van der Waals surface area contributed by atoms with Gasteiger partial charge in [0.05, 0.1) is 11.5 Å². The van der Waals surface area contributed by atoms with Crippen molar-refractivity contribution in [3.8, 4) is 0 Å². The molecule has 2 saturated carbocycles. The lowest BCUT2D eigenvalue weighted by Crippen LogP contribution is -2.66. The van der Waals surface area contributed by atoms with E-state index in [1.165, 1.54) is 31.2 Å². The number of fused-ring (bicyclic) bond motifs is 3. The van der Waals surface area contributed by atoms with Gasteiger partial charge in [-0.3, -0.25) is 0 Å². The summed E-state index contributed by atoms with van der Waals surface area (Å²) in [7, 11) is 0. The molecule has 28 heavy (non-hydrogen) atoms. The summed E-state index contributed by atoms with van der Waals surface area (Å²) in [6.45, 7) is 2.93. The fraction of sp³-hybridized carbons (Fsp3) is 0.714. The number of hydrogen-bond donors (Lipinski definition) is 0. The smallest absolute Gasteiger partial charge is 0.132 e. The summed E-state index contributed by atoms with van der Waals surface area (Å²) < 4.78 is 0.434. The van der Waals surface area contributed by atoms with Gasteiger partial charge in [0.1, 0.15) is 17.3 Å². The predicted molar refractivity (Wildman–Crippen MR) is 109 cm³/mol. The summed E-state index contributed by atoms with van der Waals surface area (Å²) in [6, 6.07) is 11.1. The zero-order chi connectivity index (χ0) is 19.6. The number of piperidine rings is 1. The van der Waals surface area contributed by atoms with Crippen LogP contribution in [-0.2, 0) is 0 Å². The fourth-order valence-corrected chi connectivity index (χ4v) is 6.84. The van der Waals surface area contributed by atoms with Crippen molar-refractivity contribution in [3.05, 3.63) is 56.8 Å². The second-order valence-electron chi connectivity index (χ2n) is 8.75. The molecule has 7 heteroatoms.